The van der Waals surface area contributed by atoms with E-state index in [1.54, 1.807) is 7.11 Å². The van der Waals surface area contributed by atoms with Gasteiger partial charge >= 0.3 is 0 Å². The predicted molar refractivity (Wildman–Crippen MR) is 141 cm³/mol. The minimum Gasteiger partial charge on any atom is -0.378 e. The van der Waals surface area contributed by atoms with Gasteiger partial charge in [-0.05, 0) is 48.2 Å². The van der Waals surface area contributed by atoms with Crippen molar-refractivity contribution < 1.29 is 9.53 Å². The largest absolute Gasteiger partial charge is 0.378 e. The van der Waals surface area contributed by atoms with Gasteiger partial charge in [-0.3, -0.25) is 9.59 Å². The third kappa shape index (κ3) is 5.31. The van der Waals surface area contributed by atoms with Crippen LogP contribution in [0.15, 0.2) is 77.6 Å². The summed E-state index contributed by atoms with van der Waals surface area (Å²) < 4.78 is 7.40. The molecular weight excluding hydrogens is 460 g/mol. The molecule has 0 saturated carbocycles. The van der Waals surface area contributed by atoms with Gasteiger partial charge in [-0.25, -0.2) is 0 Å². The predicted octanol–water partition coefficient (Wildman–Crippen LogP) is 5.84. The number of benzene rings is 3. The Morgan fingerprint density at radius 3 is 2.54 bits per heavy atom. The third-order valence-corrected chi connectivity index (χ3v) is 6.70. The van der Waals surface area contributed by atoms with Crippen molar-refractivity contribution in [3.63, 3.8) is 0 Å². The smallest absolute Gasteiger partial charge is 0.257 e. The number of ether oxygens (including phenoxy) is 1. The van der Waals surface area contributed by atoms with E-state index in [0.29, 0.717) is 23.7 Å². The Kier molecular flexibility index (Phi) is 7.69. The van der Waals surface area contributed by atoms with E-state index in [1.807, 2.05) is 85.1 Å². The van der Waals surface area contributed by atoms with Crippen LogP contribution in [0.25, 0.3) is 10.8 Å². The van der Waals surface area contributed by atoms with Crippen LogP contribution in [0.5, 0.6) is 0 Å². The van der Waals surface area contributed by atoms with Crippen LogP contribution in [0.2, 0.25) is 5.02 Å². The molecule has 0 aliphatic heterocycles. The van der Waals surface area contributed by atoms with Gasteiger partial charge in [0.2, 0.25) is 0 Å². The highest BCUT2D eigenvalue weighted by atomic mass is 35.5. The lowest BCUT2D eigenvalue weighted by Crippen LogP contribution is -2.34. The normalized spacial score (nSPS) is 12.0. The molecular formula is C29H29ClN2O3. The summed E-state index contributed by atoms with van der Waals surface area (Å²) in [5.74, 6) is -0.408. The lowest BCUT2D eigenvalue weighted by atomic mass is 9.99. The zero-order valence-electron chi connectivity index (χ0n) is 20.2. The van der Waals surface area contributed by atoms with Gasteiger partial charge in [0.05, 0.1) is 18.3 Å². The zero-order valence-corrected chi connectivity index (χ0v) is 20.9. The SMILES string of the molecule is COCc1c(C(=O)N[C@H](C)c2cccc3ccccc23)c(=O)cc(C)n1CCc1ccccc1Cl. The molecule has 1 atom stereocenters. The molecule has 0 fully saturated rings. The van der Waals surface area contributed by atoms with Gasteiger partial charge in [-0.1, -0.05) is 72.3 Å². The number of aryl methyl sites for hydroxylation is 2. The van der Waals surface area contributed by atoms with Crippen molar-refractivity contribution in [2.24, 2.45) is 0 Å². The summed E-state index contributed by atoms with van der Waals surface area (Å²) in [6.45, 7) is 4.51. The summed E-state index contributed by atoms with van der Waals surface area (Å²) in [5, 5.41) is 5.91. The van der Waals surface area contributed by atoms with Crippen molar-refractivity contribution in [1.82, 2.24) is 9.88 Å². The fraction of sp³-hybridized carbons (Fsp3) is 0.241. The fourth-order valence-electron chi connectivity index (χ4n) is 4.58. The molecule has 1 heterocycles. The summed E-state index contributed by atoms with van der Waals surface area (Å²) >= 11 is 6.35. The molecule has 1 aromatic heterocycles. The van der Waals surface area contributed by atoms with Crippen LogP contribution in [0, 0.1) is 6.92 Å². The minimum atomic E-state index is -0.408. The summed E-state index contributed by atoms with van der Waals surface area (Å²) in [6.07, 6.45) is 0.660. The molecule has 4 aromatic rings. The first kappa shape index (κ1) is 24.7. The van der Waals surface area contributed by atoms with E-state index >= 15 is 0 Å². The topological polar surface area (TPSA) is 60.3 Å². The number of halogens is 1. The molecule has 4 rings (SSSR count). The van der Waals surface area contributed by atoms with E-state index in [-0.39, 0.29) is 23.6 Å². The van der Waals surface area contributed by atoms with Crippen molar-refractivity contribution in [1.29, 1.82) is 0 Å². The Balaban J connectivity index is 1.67. The van der Waals surface area contributed by atoms with Gasteiger partial charge in [0.25, 0.3) is 5.91 Å². The quantitative estimate of drug-likeness (QED) is 0.339. The molecule has 3 aromatic carbocycles. The number of amides is 1. The molecule has 0 unspecified atom stereocenters. The standard InChI is InChI=1S/C29H29ClN2O3/c1-19-17-27(33)28(26(18-35-3)32(19)16-15-22-10-5-7-14-25(22)30)29(34)31-20(2)23-13-8-11-21-9-4-6-12-24(21)23/h4-14,17,20H,15-16,18H2,1-3H3,(H,31,34)/t20-/m1/s1. The molecule has 0 saturated heterocycles. The Bertz CT molecular complexity index is 1420. The van der Waals surface area contributed by atoms with Gasteiger partial charge in [0.1, 0.15) is 5.56 Å². The van der Waals surface area contributed by atoms with E-state index in [0.717, 1.165) is 27.6 Å². The summed E-state index contributed by atoms with van der Waals surface area (Å²) in [6, 6.07) is 23.0. The number of hydrogen-bond acceptors (Lipinski definition) is 3. The van der Waals surface area contributed by atoms with Crippen molar-refractivity contribution in [3.05, 3.63) is 116 Å². The molecule has 1 N–H and O–H groups in total. The lowest BCUT2D eigenvalue weighted by molar-refractivity contribution is 0.0931. The van der Waals surface area contributed by atoms with Crippen LogP contribution < -0.4 is 10.7 Å². The molecule has 0 bridgehead atoms. The highest BCUT2D eigenvalue weighted by molar-refractivity contribution is 6.31. The molecule has 0 radical (unpaired) electrons. The fourth-order valence-corrected chi connectivity index (χ4v) is 4.81. The lowest BCUT2D eigenvalue weighted by Gasteiger charge is -2.22. The second-order valence-corrected chi connectivity index (χ2v) is 9.07. The van der Waals surface area contributed by atoms with E-state index in [1.165, 1.54) is 6.07 Å². The number of methoxy groups -OCH3 is 1. The first-order valence-corrected chi connectivity index (χ1v) is 12.0. The number of carbonyl (C=O) groups is 1. The third-order valence-electron chi connectivity index (χ3n) is 6.33. The van der Waals surface area contributed by atoms with Crippen LogP contribution in [0.1, 0.15) is 45.8 Å². The maximum absolute atomic E-state index is 13.5. The first-order valence-electron chi connectivity index (χ1n) is 11.6. The highest BCUT2D eigenvalue weighted by Gasteiger charge is 2.22. The van der Waals surface area contributed by atoms with E-state index in [2.05, 4.69) is 5.32 Å². The van der Waals surface area contributed by atoms with Gasteiger partial charge < -0.3 is 14.6 Å². The van der Waals surface area contributed by atoms with Crippen molar-refractivity contribution in [3.8, 4) is 0 Å². The Morgan fingerprint density at radius 2 is 1.77 bits per heavy atom. The minimum absolute atomic E-state index is 0.115. The zero-order chi connectivity index (χ0) is 24.9. The van der Waals surface area contributed by atoms with Crippen LogP contribution in [-0.4, -0.2) is 17.6 Å². The van der Waals surface area contributed by atoms with Crippen molar-refractivity contribution in [2.45, 2.75) is 39.5 Å². The first-order chi connectivity index (χ1) is 16.9. The highest BCUT2D eigenvalue weighted by Crippen LogP contribution is 2.25. The number of fused-ring (bicyclic) bond motifs is 1. The average Bonchev–Trinajstić information content (AvgIpc) is 2.84. The molecule has 35 heavy (non-hydrogen) atoms. The van der Waals surface area contributed by atoms with Crippen molar-refractivity contribution >= 4 is 28.3 Å². The summed E-state index contributed by atoms with van der Waals surface area (Å²) in [5.41, 5.74) is 3.14. The second kappa shape index (κ2) is 10.9. The van der Waals surface area contributed by atoms with Gasteiger partial charge in [-0.15, -0.1) is 0 Å². The number of rotatable bonds is 8. The van der Waals surface area contributed by atoms with Gasteiger partial charge in [0, 0.05) is 30.4 Å². The molecule has 0 aliphatic rings. The molecule has 0 spiro atoms. The molecule has 180 valence electrons. The second-order valence-electron chi connectivity index (χ2n) is 8.66. The number of hydrogen-bond donors (Lipinski definition) is 1. The van der Waals surface area contributed by atoms with Crippen LogP contribution in [-0.2, 0) is 24.3 Å². The van der Waals surface area contributed by atoms with Crippen LogP contribution in [0.3, 0.4) is 0 Å². The maximum Gasteiger partial charge on any atom is 0.257 e. The molecule has 5 nitrogen and oxygen atoms in total. The van der Waals surface area contributed by atoms with Crippen molar-refractivity contribution in [2.75, 3.05) is 7.11 Å². The number of nitrogens with one attached hydrogen (secondary N) is 1. The Labute approximate surface area is 210 Å². The molecule has 1 amide bonds. The number of pyridine rings is 1. The number of nitrogens with zero attached hydrogens (tertiary/aromatic N) is 1. The maximum atomic E-state index is 13.5. The number of aromatic nitrogens is 1. The molecule has 0 aliphatic carbocycles. The monoisotopic (exact) mass is 488 g/mol. The van der Waals surface area contributed by atoms with Crippen LogP contribution >= 0.6 is 11.6 Å². The average molecular weight is 489 g/mol. The van der Waals surface area contributed by atoms with Gasteiger partial charge in [0.15, 0.2) is 5.43 Å². The van der Waals surface area contributed by atoms with E-state index in [4.69, 9.17) is 16.3 Å². The van der Waals surface area contributed by atoms with Crippen LogP contribution in [0.4, 0.5) is 0 Å². The number of carbonyl (C=O) groups excluding carboxylic acids is 1. The molecule has 6 heteroatoms. The summed E-state index contributed by atoms with van der Waals surface area (Å²) in [7, 11) is 1.56. The Morgan fingerprint density at radius 1 is 1.06 bits per heavy atom. The van der Waals surface area contributed by atoms with E-state index < -0.39 is 5.91 Å². The van der Waals surface area contributed by atoms with Gasteiger partial charge in [-0.2, -0.15) is 0 Å². The Hall–Kier alpha value is -3.41. The van der Waals surface area contributed by atoms with E-state index in [9.17, 15) is 9.59 Å². The summed E-state index contributed by atoms with van der Waals surface area (Å²) in [4.78, 5) is 26.5.